The lowest BCUT2D eigenvalue weighted by Crippen LogP contribution is -2.35. The Bertz CT molecular complexity index is 833. The number of nitrogens with zero attached hydrogens (tertiary/aromatic N) is 3. The van der Waals surface area contributed by atoms with Crippen LogP contribution in [0.4, 0.5) is 5.95 Å². The van der Waals surface area contributed by atoms with Gasteiger partial charge in [-0.3, -0.25) is 4.79 Å². The first-order valence-electron chi connectivity index (χ1n) is 10.2. The van der Waals surface area contributed by atoms with Gasteiger partial charge in [0, 0.05) is 43.0 Å². The number of aromatic nitrogens is 2. The first-order valence-corrected chi connectivity index (χ1v) is 10.2. The zero-order valence-electron chi connectivity index (χ0n) is 16.5. The number of para-hydroxylation sites is 1. The van der Waals surface area contributed by atoms with Gasteiger partial charge in [0.25, 0.3) is 0 Å². The van der Waals surface area contributed by atoms with Crippen LogP contribution in [0, 0.1) is 5.92 Å². The molecule has 1 saturated heterocycles. The summed E-state index contributed by atoms with van der Waals surface area (Å²) in [7, 11) is 1.65. The predicted molar refractivity (Wildman–Crippen MR) is 108 cm³/mol. The largest absolute Gasteiger partial charge is 0.496 e. The minimum Gasteiger partial charge on any atom is -0.496 e. The highest BCUT2D eigenvalue weighted by Gasteiger charge is 2.27. The van der Waals surface area contributed by atoms with Crippen molar-refractivity contribution >= 4 is 11.9 Å². The zero-order chi connectivity index (χ0) is 19.3. The van der Waals surface area contributed by atoms with E-state index in [0.717, 1.165) is 54.4 Å². The molecule has 0 bridgehead atoms. The van der Waals surface area contributed by atoms with Gasteiger partial charge in [0.05, 0.1) is 7.11 Å². The van der Waals surface area contributed by atoms with E-state index >= 15 is 0 Å². The summed E-state index contributed by atoms with van der Waals surface area (Å²) in [4.78, 5) is 24.4. The van der Waals surface area contributed by atoms with Gasteiger partial charge in [-0.25, -0.2) is 9.97 Å². The Hall–Kier alpha value is -2.63. The molecular weight excluding hydrogens is 352 g/mol. The van der Waals surface area contributed by atoms with E-state index < -0.39 is 0 Å². The summed E-state index contributed by atoms with van der Waals surface area (Å²) in [5.74, 6) is 1.73. The molecule has 1 aromatic heterocycles. The Labute approximate surface area is 166 Å². The van der Waals surface area contributed by atoms with E-state index in [4.69, 9.17) is 9.72 Å². The van der Waals surface area contributed by atoms with E-state index in [1.54, 1.807) is 7.11 Å². The van der Waals surface area contributed by atoms with Crippen LogP contribution in [0.2, 0.25) is 0 Å². The lowest BCUT2D eigenvalue weighted by Gasteiger charge is -2.28. The average Bonchev–Trinajstić information content (AvgIpc) is 2.77. The molecule has 0 saturated carbocycles. The van der Waals surface area contributed by atoms with Crippen molar-refractivity contribution in [3.63, 3.8) is 0 Å². The van der Waals surface area contributed by atoms with Crippen molar-refractivity contribution in [2.75, 3.05) is 25.1 Å². The molecule has 148 valence electrons. The molecule has 1 aliphatic carbocycles. The number of nitrogens with one attached hydrogen (secondary N) is 1. The third-order valence-electron chi connectivity index (χ3n) is 5.79. The molecule has 2 aromatic rings. The van der Waals surface area contributed by atoms with Crippen molar-refractivity contribution in [3.05, 3.63) is 47.3 Å². The highest BCUT2D eigenvalue weighted by Crippen LogP contribution is 2.26. The van der Waals surface area contributed by atoms with Gasteiger partial charge in [-0.15, -0.1) is 0 Å². The molecule has 1 N–H and O–H groups in total. The average molecular weight is 380 g/mol. The second-order valence-electron chi connectivity index (χ2n) is 7.66. The van der Waals surface area contributed by atoms with Crippen molar-refractivity contribution in [3.8, 4) is 5.75 Å². The summed E-state index contributed by atoms with van der Waals surface area (Å²) in [5, 5.41) is 3.07. The number of ether oxygens (including phenoxy) is 1. The van der Waals surface area contributed by atoms with Crippen LogP contribution in [-0.4, -0.2) is 36.1 Å². The Morgan fingerprint density at radius 3 is 2.89 bits per heavy atom. The van der Waals surface area contributed by atoms with Crippen LogP contribution in [0.5, 0.6) is 5.75 Å². The number of piperidine rings is 1. The number of benzene rings is 1. The van der Waals surface area contributed by atoms with Crippen molar-refractivity contribution in [2.45, 2.75) is 45.1 Å². The van der Waals surface area contributed by atoms with E-state index in [2.05, 4.69) is 15.2 Å². The molecule has 2 heterocycles. The molecule has 0 unspecified atom stereocenters. The lowest BCUT2D eigenvalue weighted by molar-refractivity contribution is -0.125. The van der Waals surface area contributed by atoms with Crippen LogP contribution in [0.25, 0.3) is 0 Å². The molecule has 1 aliphatic heterocycles. The van der Waals surface area contributed by atoms with Crippen molar-refractivity contribution in [1.82, 2.24) is 15.3 Å². The van der Waals surface area contributed by atoms with Gasteiger partial charge in [0.2, 0.25) is 11.9 Å². The maximum Gasteiger partial charge on any atom is 0.225 e. The molecule has 0 radical (unpaired) electrons. The lowest BCUT2D eigenvalue weighted by atomic mass is 9.86. The molecule has 1 atom stereocenters. The van der Waals surface area contributed by atoms with Crippen LogP contribution in [0.15, 0.2) is 30.5 Å². The number of methoxy groups -OCH3 is 1. The van der Waals surface area contributed by atoms with E-state index in [1.807, 2.05) is 30.5 Å². The van der Waals surface area contributed by atoms with Gasteiger partial charge in [-0.2, -0.15) is 0 Å². The van der Waals surface area contributed by atoms with E-state index in [-0.39, 0.29) is 11.8 Å². The monoisotopic (exact) mass is 380 g/mol. The second-order valence-corrected chi connectivity index (χ2v) is 7.66. The van der Waals surface area contributed by atoms with Crippen LogP contribution in [-0.2, 0) is 24.2 Å². The predicted octanol–water partition coefficient (Wildman–Crippen LogP) is 2.90. The molecule has 1 aromatic carbocycles. The zero-order valence-corrected chi connectivity index (χ0v) is 16.5. The molecule has 6 heteroatoms. The van der Waals surface area contributed by atoms with Crippen LogP contribution < -0.4 is 15.0 Å². The standard InChI is InChI=1S/C22H28N4O2/c1-28-20-8-4-3-7-17(20)14-23-21(27)16-9-10-19-18(13-16)15-24-22(25-19)26-11-5-2-6-12-26/h3-4,7-8,15-16H,2,5-6,9-14H2,1H3,(H,23,27)/t16-/m0/s1. The summed E-state index contributed by atoms with van der Waals surface area (Å²) in [6, 6.07) is 7.78. The summed E-state index contributed by atoms with van der Waals surface area (Å²) in [6.07, 6.45) is 8.06. The topological polar surface area (TPSA) is 67.3 Å². The highest BCUT2D eigenvalue weighted by atomic mass is 16.5. The maximum atomic E-state index is 12.7. The molecule has 1 amide bonds. The smallest absolute Gasteiger partial charge is 0.225 e. The van der Waals surface area contributed by atoms with Crippen LogP contribution in [0.3, 0.4) is 0 Å². The third-order valence-corrected chi connectivity index (χ3v) is 5.79. The van der Waals surface area contributed by atoms with E-state index in [0.29, 0.717) is 13.0 Å². The molecule has 2 aliphatic rings. The normalized spacial score (nSPS) is 19.0. The number of hydrogen-bond acceptors (Lipinski definition) is 5. The first kappa shape index (κ1) is 18.7. The number of anilines is 1. The van der Waals surface area contributed by atoms with Crippen molar-refractivity contribution in [1.29, 1.82) is 0 Å². The second kappa shape index (κ2) is 8.59. The number of rotatable bonds is 5. The van der Waals surface area contributed by atoms with Gasteiger partial charge >= 0.3 is 0 Å². The number of hydrogen-bond donors (Lipinski definition) is 1. The minimum atomic E-state index is -0.0216. The minimum absolute atomic E-state index is 0.0216. The van der Waals surface area contributed by atoms with Gasteiger partial charge < -0.3 is 15.0 Å². The molecular formula is C22H28N4O2. The maximum absolute atomic E-state index is 12.7. The fraction of sp³-hybridized carbons (Fsp3) is 0.500. The quantitative estimate of drug-likeness (QED) is 0.864. The fourth-order valence-corrected chi connectivity index (χ4v) is 4.14. The van der Waals surface area contributed by atoms with E-state index in [1.165, 1.54) is 19.3 Å². The van der Waals surface area contributed by atoms with Crippen molar-refractivity contribution in [2.24, 2.45) is 5.92 Å². The third kappa shape index (κ3) is 4.11. The molecule has 4 rings (SSSR count). The molecule has 28 heavy (non-hydrogen) atoms. The van der Waals surface area contributed by atoms with E-state index in [9.17, 15) is 4.79 Å². The van der Waals surface area contributed by atoms with Crippen molar-refractivity contribution < 1.29 is 9.53 Å². The summed E-state index contributed by atoms with van der Waals surface area (Å²) >= 11 is 0. The highest BCUT2D eigenvalue weighted by molar-refractivity contribution is 5.79. The Morgan fingerprint density at radius 1 is 1.25 bits per heavy atom. The summed E-state index contributed by atoms with van der Waals surface area (Å²) in [6.45, 7) is 2.58. The molecule has 1 fully saturated rings. The first-order chi connectivity index (χ1) is 13.7. The molecule has 6 nitrogen and oxygen atoms in total. The number of carbonyl (C=O) groups excluding carboxylic acids is 1. The summed E-state index contributed by atoms with van der Waals surface area (Å²) < 4.78 is 5.36. The van der Waals surface area contributed by atoms with Gasteiger partial charge in [-0.1, -0.05) is 18.2 Å². The Kier molecular flexibility index (Phi) is 5.74. The van der Waals surface area contributed by atoms with Gasteiger partial charge in [0.15, 0.2) is 0 Å². The number of carbonyl (C=O) groups is 1. The SMILES string of the molecule is COc1ccccc1CNC(=O)[C@H]1CCc2nc(N3CCCCC3)ncc2C1. The van der Waals surface area contributed by atoms with Gasteiger partial charge in [0.1, 0.15) is 5.75 Å². The number of amides is 1. The number of aryl methyl sites for hydroxylation is 1. The number of fused-ring (bicyclic) bond motifs is 1. The van der Waals surface area contributed by atoms with Crippen LogP contribution >= 0.6 is 0 Å². The van der Waals surface area contributed by atoms with Crippen LogP contribution in [0.1, 0.15) is 42.5 Å². The summed E-state index contributed by atoms with van der Waals surface area (Å²) in [5.41, 5.74) is 3.22. The fourth-order valence-electron chi connectivity index (χ4n) is 4.14. The van der Waals surface area contributed by atoms with Gasteiger partial charge in [-0.05, 0) is 50.2 Å². The molecule has 0 spiro atoms. The Balaban J connectivity index is 1.37. The Morgan fingerprint density at radius 2 is 2.07 bits per heavy atom.